The van der Waals surface area contributed by atoms with E-state index in [1.807, 2.05) is 13.8 Å². The van der Waals surface area contributed by atoms with Crippen LogP contribution >= 0.6 is 11.6 Å². The van der Waals surface area contributed by atoms with Crippen LogP contribution in [0, 0.1) is 17.2 Å². The molecule has 1 fully saturated rings. The lowest BCUT2D eigenvalue weighted by atomic mass is 9.68. The van der Waals surface area contributed by atoms with Crippen LogP contribution in [0.3, 0.4) is 0 Å². The number of hydrogen-bond donors (Lipinski definition) is 3. The highest BCUT2D eigenvalue weighted by Gasteiger charge is 2.41. The number of aromatic nitrogens is 2. The molecule has 8 nitrogen and oxygen atoms in total. The van der Waals surface area contributed by atoms with Crippen molar-refractivity contribution in [3.63, 3.8) is 0 Å². The van der Waals surface area contributed by atoms with Crippen molar-refractivity contribution in [2.75, 3.05) is 19.7 Å². The number of rotatable bonds is 4. The first kappa shape index (κ1) is 22.3. The first-order valence-corrected chi connectivity index (χ1v) is 10.3. The summed E-state index contributed by atoms with van der Waals surface area (Å²) in [5.41, 5.74) is -0.181. The van der Waals surface area contributed by atoms with Gasteiger partial charge in [-0.15, -0.1) is 0 Å². The molecular weight excluding hydrogens is 415 g/mol. The molecule has 3 amide bonds. The van der Waals surface area contributed by atoms with Gasteiger partial charge in [-0.2, -0.15) is 5.10 Å². The van der Waals surface area contributed by atoms with Gasteiger partial charge in [-0.3, -0.25) is 5.10 Å². The molecule has 2 aromatic rings. The van der Waals surface area contributed by atoms with Gasteiger partial charge in [0.1, 0.15) is 5.82 Å². The zero-order valence-electron chi connectivity index (χ0n) is 17.2. The molecule has 1 aromatic carbocycles. The second-order valence-electron chi connectivity index (χ2n) is 8.06. The average molecular weight is 441 g/mol. The van der Waals surface area contributed by atoms with Crippen molar-refractivity contribution < 1.29 is 23.8 Å². The Hall–Kier alpha value is -2.39. The summed E-state index contributed by atoms with van der Waals surface area (Å²) in [4.78, 5) is 25.2. The Bertz CT molecular complexity index is 940. The number of H-pyrrole nitrogens is 1. The summed E-state index contributed by atoms with van der Waals surface area (Å²) in [6.07, 6.45) is 0.803. The first-order chi connectivity index (χ1) is 14.2. The molecule has 1 aromatic heterocycles. The maximum atomic E-state index is 14.9. The highest BCUT2D eigenvalue weighted by Crippen LogP contribution is 2.47. The van der Waals surface area contributed by atoms with Gasteiger partial charge in [0.15, 0.2) is 0 Å². The number of amides is 3. The number of halogens is 2. The zero-order chi connectivity index (χ0) is 22.1. The zero-order valence-corrected chi connectivity index (χ0v) is 17.9. The number of aliphatic hydroxyl groups excluding tert-OH is 1. The molecule has 0 unspecified atom stereocenters. The highest BCUT2D eigenvalue weighted by molar-refractivity contribution is 6.31. The van der Waals surface area contributed by atoms with E-state index in [9.17, 15) is 19.1 Å². The second kappa shape index (κ2) is 8.77. The summed E-state index contributed by atoms with van der Waals surface area (Å²) in [6, 6.07) is 0.963. The second-order valence-corrected chi connectivity index (χ2v) is 8.46. The number of carbonyl (C=O) groups excluding carboxylic acids is 2. The highest BCUT2D eigenvalue weighted by atomic mass is 35.5. The van der Waals surface area contributed by atoms with Crippen LogP contribution in [0.15, 0.2) is 12.3 Å². The number of nitrogens with one attached hydrogen (secondary N) is 2. The number of aliphatic hydroxyl groups is 1. The molecule has 3 rings (SSSR count). The van der Waals surface area contributed by atoms with Crippen LogP contribution in [0.2, 0.25) is 5.02 Å². The number of piperidine rings is 1. The molecule has 30 heavy (non-hydrogen) atoms. The van der Waals surface area contributed by atoms with Crippen molar-refractivity contribution in [1.82, 2.24) is 20.4 Å². The topological polar surface area (TPSA) is 108 Å². The summed E-state index contributed by atoms with van der Waals surface area (Å²) in [7, 11) is 0. The molecule has 2 heterocycles. The van der Waals surface area contributed by atoms with Gasteiger partial charge in [0.05, 0.1) is 29.4 Å². The van der Waals surface area contributed by atoms with E-state index in [1.54, 1.807) is 6.92 Å². The Morgan fingerprint density at radius 1 is 1.47 bits per heavy atom. The normalized spacial score (nSPS) is 16.5. The van der Waals surface area contributed by atoms with Gasteiger partial charge in [0.2, 0.25) is 0 Å². The predicted octanol–water partition coefficient (Wildman–Crippen LogP) is 3.99. The molecule has 0 saturated carbocycles. The monoisotopic (exact) mass is 440 g/mol. The molecule has 1 aliphatic rings. The van der Waals surface area contributed by atoms with Crippen molar-refractivity contribution >= 4 is 34.6 Å². The molecular formula is C20H26ClFN4O4. The summed E-state index contributed by atoms with van der Waals surface area (Å²) < 4.78 is 19.6. The minimum absolute atomic E-state index is 0.00972. The SMILES string of the molecule is CCOC(=O)NC(=O)N1CCC(C(C)(C)[C@H](O)c2c(F)c(Cl)cc3cn[nH]c23)CC1. The molecule has 0 aliphatic carbocycles. The third-order valence-corrected chi connectivity index (χ3v) is 6.24. The maximum Gasteiger partial charge on any atom is 0.415 e. The lowest BCUT2D eigenvalue weighted by Crippen LogP contribution is -2.48. The lowest BCUT2D eigenvalue weighted by molar-refractivity contribution is -0.0161. The Kier molecular flexibility index (Phi) is 6.52. The van der Waals surface area contributed by atoms with Gasteiger partial charge >= 0.3 is 12.1 Å². The van der Waals surface area contributed by atoms with E-state index in [1.165, 1.54) is 17.2 Å². The number of imide groups is 1. The van der Waals surface area contributed by atoms with Crippen molar-refractivity contribution in [2.45, 2.75) is 39.7 Å². The number of benzene rings is 1. The van der Waals surface area contributed by atoms with Crippen LogP contribution < -0.4 is 5.32 Å². The number of alkyl carbamates (subject to hydrolysis) is 1. The van der Waals surface area contributed by atoms with E-state index in [4.69, 9.17) is 16.3 Å². The molecule has 1 atom stereocenters. The minimum Gasteiger partial charge on any atom is -0.450 e. The third kappa shape index (κ3) is 4.22. The lowest BCUT2D eigenvalue weighted by Gasteiger charge is -2.43. The molecule has 10 heteroatoms. The van der Waals surface area contributed by atoms with Crippen LogP contribution in [0.25, 0.3) is 10.9 Å². The Balaban J connectivity index is 1.73. The largest absolute Gasteiger partial charge is 0.450 e. The number of urea groups is 1. The number of fused-ring (bicyclic) bond motifs is 1. The fourth-order valence-corrected chi connectivity index (χ4v) is 4.29. The maximum absolute atomic E-state index is 14.9. The first-order valence-electron chi connectivity index (χ1n) is 9.88. The molecule has 3 N–H and O–H groups in total. The van der Waals surface area contributed by atoms with Gasteiger partial charge in [-0.05, 0) is 37.2 Å². The number of aromatic amines is 1. The fourth-order valence-electron chi connectivity index (χ4n) is 4.07. The van der Waals surface area contributed by atoms with E-state index in [0.717, 1.165) is 0 Å². The number of ether oxygens (including phenoxy) is 1. The Morgan fingerprint density at radius 2 is 2.13 bits per heavy atom. The van der Waals surface area contributed by atoms with Crippen molar-refractivity contribution in [3.8, 4) is 0 Å². The molecule has 0 radical (unpaired) electrons. The van der Waals surface area contributed by atoms with Crippen LogP contribution in [0.1, 0.15) is 45.3 Å². The van der Waals surface area contributed by atoms with Crippen molar-refractivity contribution in [1.29, 1.82) is 0 Å². The summed E-state index contributed by atoms with van der Waals surface area (Å²) in [5.74, 6) is -0.657. The van der Waals surface area contributed by atoms with Gasteiger partial charge in [-0.25, -0.2) is 19.3 Å². The standard InChI is InChI=1S/C20H26ClFN4O4/c1-4-30-19(29)24-18(28)26-7-5-12(6-8-26)20(2,3)17(27)14-15(22)13(21)9-11-10-23-25-16(11)14/h9-10,12,17,27H,4-8H2,1-3H3,(H,23,25)(H,24,28,29)/t17-/m1/s1. The van der Waals surface area contributed by atoms with E-state index in [-0.39, 0.29) is 23.1 Å². The van der Waals surface area contributed by atoms with Crippen LogP contribution in [0.5, 0.6) is 0 Å². The van der Waals surface area contributed by atoms with Crippen LogP contribution in [-0.4, -0.2) is 52.0 Å². The number of carbonyl (C=O) groups is 2. The minimum atomic E-state index is -1.14. The quantitative estimate of drug-likeness (QED) is 0.666. The predicted molar refractivity (Wildman–Crippen MR) is 110 cm³/mol. The molecule has 1 saturated heterocycles. The third-order valence-electron chi connectivity index (χ3n) is 5.96. The molecule has 0 spiro atoms. The number of likely N-dealkylation sites (tertiary alicyclic amines) is 1. The van der Waals surface area contributed by atoms with E-state index in [0.29, 0.717) is 36.8 Å². The Morgan fingerprint density at radius 3 is 2.77 bits per heavy atom. The summed E-state index contributed by atoms with van der Waals surface area (Å²) >= 11 is 6.03. The van der Waals surface area contributed by atoms with Crippen LogP contribution in [-0.2, 0) is 4.74 Å². The molecule has 0 bridgehead atoms. The smallest absolute Gasteiger partial charge is 0.415 e. The molecule has 1 aliphatic heterocycles. The van der Waals surface area contributed by atoms with Crippen molar-refractivity contribution in [2.24, 2.45) is 11.3 Å². The number of nitrogens with zero attached hydrogens (tertiary/aromatic N) is 2. The van der Waals surface area contributed by atoms with E-state index < -0.39 is 29.5 Å². The van der Waals surface area contributed by atoms with Gasteiger partial charge in [-0.1, -0.05) is 25.4 Å². The molecule has 164 valence electrons. The average Bonchev–Trinajstić information content (AvgIpc) is 3.16. The van der Waals surface area contributed by atoms with Crippen molar-refractivity contribution in [3.05, 3.63) is 28.7 Å². The number of hydrogen-bond acceptors (Lipinski definition) is 5. The van der Waals surface area contributed by atoms with E-state index >= 15 is 0 Å². The van der Waals surface area contributed by atoms with Gasteiger partial charge < -0.3 is 14.7 Å². The fraction of sp³-hybridized carbons (Fsp3) is 0.550. The van der Waals surface area contributed by atoms with Crippen LogP contribution in [0.4, 0.5) is 14.0 Å². The van der Waals surface area contributed by atoms with Gasteiger partial charge in [0.25, 0.3) is 0 Å². The summed E-state index contributed by atoms with van der Waals surface area (Å²) in [6.45, 7) is 6.39. The Labute approximate surface area is 178 Å². The van der Waals surface area contributed by atoms with Gasteiger partial charge in [0, 0.05) is 24.0 Å². The van der Waals surface area contributed by atoms with E-state index in [2.05, 4.69) is 15.5 Å². The summed E-state index contributed by atoms with van der Waals surface area (Å²) in [5, 5.41) is 20.6.